The average Bonchev–Trinajstić information content (AvgIpc) is 2.81. The standard InChI is InChI=1S/C15H12BO/c1-2-6-12(7-3-1)10-11-15-13-8-4-5-9-14(13)16-17-15/h1-11,15H. The molecule has 2 aromatic carbocycles. The maximum Gasteiger partial charge on any atom is 0.331 e. The Bertz CT molecular complexity index is 534. The quantitative estimate of drug-likeness (QED) is 0.705. The van der Waals surface area contributed by atoms with Crippen molar-refractivity contribution in [3.05, 3.63) is 71.8 Å². The Morgan fingerprint density at radius 3 is 2.59 bits per heavy atom. The van der Waals surface area contributed by atoms with Crippen LogP contribution in [0, 0.1) is 0 Å². The lowest BCUT2D eigenvalue weighted by molar-refractivity contribution is 0.290. The first kappa shape index (κ1) is 10.4. The van der Waals surface area contributed by atoms with Crippen LogP contribution >= 0.6 is 0 Å². The molecule has 0 saturated carbocycles. The molecule has 0 bridgehead atoms. The number of rotatable bonds is 2. The van der Waals surface area contributed by atoms with Gasteiger partial charge in [0.05, 0.1) is 6.10 Å². The van der Waals surface area contributed by atoms with Crippen molar-refractivity contribution >= 4 is 19.0 Å². The Balaban J connectivity index is 1.82. The van der Waals surface area contributed by atoms with Gasteiger partial charge in [-0.1, -0.05) is 66.7 Å². The fraction of sp³-hybridized carbons (Fsp3) is 0.0667. The molecule has 0 N–H and O–H groups in total. The van der Waals surface area contributed by atoms with Crippen LogP contribution in [0.15, 0.2) is 60.7 Å². The second kappa shape index (κ2) is 4.60. The molecule has 0 amide bonds. The third-order valence-electron chi connectivity index (χ3n) is 2.91. The third-order valence-corrected chi connectivity index (χ3v) is 2.91. The predicted octanol–water partition coefficient (Wildman–Crippen LogP) is 2.72. The van der Waals surface area contributed by atoms with Gasteiger partial charge in [0, 0.05) is 0 Å². The molecular formula is C15H12BO. The van der Waals surface area contributed by atoms with Gasteiger partial charge in [-0.05, 0) is 16.6 Å². The van der Waals surface area contributed by atoms with Gasteiger partial charge in [0.25, 0.3) is 0 Å². The van der Waals surface area contributed by atoms with Crippen LogP contribution in [-0.4, -0.2) is 7.48 Å². The molecule has 1 unspecified atom stereocenters. The number of fused-ring (bicyclic) bond motifs is 1. The van der Waals surface area contributed by atoms with Gasteiger partial charge in [-0.2, -0.15) is 0 Å². The summed E-state index contributed by atoms with van der Waals surface area (Å²) in [6.07, 6.45) is 4.24. The molecule has 0 aromatic heterocycles. The summed E-state index contributed by atoms with van der Waals surface area (Å²) in [6, 6.07) is 18.5. The lowest BCUT2D eigenvalue weighted by Crippen LogP contribution is -2.09. The van der Waals surface area contributed by atoms with Crippen LogP contribution in [0.5, 0.6) is 0 Å². The van der Waals surface area contributed by atoms with Gasteiger partial charge in [0.2, 0.25) is 0 Å². The van der Waals surface area contributed by atoms with Crippen molar-refractivity contribution in [2.75, 3.05) is 0 Å². The van der Waals surface area contributed by atoms with Crippen molar-refractivity contribution in [3.8, 4) is 0 Å². The van der Waals surface area contributed by atoms with Gasteiger partial charge < -0.3 is 4.65 Å². The van der Waals surface area contributed by atoms with Gasteiger partial charge in [-0.25, -0.2) is 0 Å². The predicted molar refractivity (Wildman–Crippen MR) is 71.1 cm³/mol. The van der Waals surface area contributed by atoms with Crippen molar-refractivity contribution in [2.24, 2.45) is 0 Å². The molecule has 17 heavy (non-hydrogen) atoms. The van der Waals surface area contributed by atoms with Crippen LogP contribution in [0.2, 0.25) is 0 Å². The van der Waals surface area contributed by atoms with Crippen LogP contribution in [-0.2, 0) is 4.65 Å². The highest BCUT2D eigenvalue weighted by Crippen LogP contribution is 2.22. The Morgan fingerprint density at radius 2 is 1.71 bits per heavy atom. The molecule has 2 aromatic rings. The molecule has 1 radical (unpaired) electrons. The summed E-state index contributed by atoms with van der Waals surface area (Å²) in [6.45, 7) is 0. The van der Waals surface area contributed by atoms with E-state index in [4.69, 9.17) is 4.65 Å². The lowest BCUT2D eigenvalue weighted by atomic mass is 9.87. The molecule has 1 atom stereocenters. The van der Waals surface area contributed by atoms with E-state index < -0.39 is 0 Å². The summed E-state index contributed by atoms with van der Waals surface area (Å²) in [4.78, 5) is 0. The van der Waals surface area contributed by atoms with Crippen molar-refractivity contribution in [3.63, 3.8) is 0 Å². The molecule has 0 aliphatic carbocycles. The van der Waals surface area contributed by atoms with E-state index in [9.17, 15) is 0 Å². The molecule has 1 heterocycles. The van der Waals surface area contributed by atoms with Crippen LogP contribution in [0.1, 0.15) is 17.2 Å². The Kier molecular flexibility index (Phi) is 2.80. The van der Waals surface area contributed by atoms with Crippen LogP contribution in [0.3, 0.4) is 0 Å². The third kappa shape index (κ3) is 2.17. The van der Waals surface area contributed by atoms with Gasteiger partial charge >= 0.3 is 7.48 Å². The summed E-state index contributed by atoms with van der Waals surface area (Å²) in [5.41, 5.74) is 3.61. The Labute approximate surface area is 102 Å². The number of benzene rings is 2. The smallest absolute Gasteiger partial charge is 0.331 e. The average molecular weight is 219 g/mol. The molecule has 0 saturated heterocycles. The SMILES string of the molecule is [B]1OC(C=Cc2ccccc2)c2ccccc21. The second-order valence-corrected chi connectivity index (χ2v) is 4.07. The number of hydrogen-bond donors (Lipinski definition) is 0. The highest BCUT2D eigenvalue weighted by Gasteiger charge is 2.21. The van der Waals surface area contributed by atoms with Crippen LogP contribution in [0.4, 0.5) is 0 Å². The Morgan fingerprint density at radius 1 is 0.941 bits per heavy atom. The van der Waals surface area contributed by atoms with E-state index in [0.717, 1.165) is 0 Å². The monoisotopic (exact) mass is 219 g/mol. The molecule has 3 rings (SSSR count). The highest BCUT2D eigenvalue weighted by atomic mass is 16.4. The molecular weight excluding hydrogens is 207 g/mol. The van der Waals surface area contributed by atoms with Crippen molar-refractivity contribution in [1.29, 1.82) is 0 Å². The van der Waals surface area contributed by atoms with E-state index in [1.807, 2.05) is 37.8 Å². The Hall–Kier alpha value is -1.80. The molecule has 2 heteroatoms. The molecule has 0 spiro atoms. The fourth-order valence-corrected chi connectivity index (χ4v) is 2.01. The lowest BCUT2D eigenvalue weighted by Gasteiger charge is -2.06. The van der Waals surface area contributed by atoms with Crippen molar-refractivity contribution in [1.82, 2.24) is 0 Å². The first-order chi connectivity index (χ1) is 8.43. The van der Waals surface area contributed by atoms with Crippen LogP contribution < -0.4 is 5.46 Å². The van der Waals surface area contributed by atoms with Gasteiger partial charge in [0.15, 0.2) is 0 Å². The summed E-state index contributed by atoms with van der Waals surface area (Å²) in [5.74, 6) is 0. The van der Waals surface area contributed by atoms with Gasteiger partial charge in [-0.3, -0.25) is 0 Å². The van der Waals surface area contributed by atoms with Gasteiger partial charge in [0.1, 0.15) is 0 Å². The first-order valence-electron chi connectivity index (χ1n) is 5.74. The highest BCUT2D eigenvalue weighted by molar-refractivity contribution is 6.49. The van der Waals surface area contributed by atoms with E-state index >= 15 is 0 Å². The maximum atomic E-state index is 5.63. The van der Waals surface area contributed by atoms with Crippen LogP contribution in [0.25, 0.3) is 6.08 Å². The minimum atomic E-state index is 0.0476. The minimum Gasteiger partial charge on any atom is -0.424 e. The molecule has 0 fully saturated rings. The zero-order valence-corrected chi connectivity index (χ0v) is 9.41. The van der Waals surface area contributed by atoms with Crippen molar-refractivity contribution in [2.45, 2.75) is 6.10 Å². The topological polar surface area (TPSA) is 9.23 Å². The van der Waals surface area contributed by atoms with E-state index in [1.54, 1.807) is 0 Å². The minimum absolute atomic E-state index is 0.0476. The second-order valence-electron chi connectivity index (χ2n) is 4.07. The summed E-state index contributed by atoms with van der Waals surface area (Å²) >= 11 is 0. The molecule has 1 aliphatic heterocycles. The zero-order chi connectivity index (χ0) is 11.5. The molecule has 81 valence electrons. The number of hydrogen-bond acceptors (Lipinski definition) is 1. The summed E-state index contributed by atoms with van der Waals surface area (Å²) in [7, 11) is 1.83. The van der Waals surface area contributed by atoms with E-state index in [2.05, 4.69) is 36.4 Å². The normalized spacial score (nSPS) is 18.0. The van der Waals surface area contributed by atoms with Gasteiger partial charge in [-0.15, -0.1) is 0 Å². The maximum absolute atomic E-state index is 5.63. The van der Waals surface area contributed by atoms with E-state index in [0.29, 0.717) is 0 Å². The van der Waals surface area contributed by atoms with Crippen molar-refractivity contribution < 1.29 is 4.65 Å². The summed E-state index contributed by atoms with van der Waals surface area (Å²) in [5, 5.41) is 0. The van der Waals surface area contributed by atoms with E-state index in [-0.39, 0.29) is 6.10 Å². The molecule has 1 nitrogen and oxygen atoms in total. The summed E-state index contributed by atoms with van der Waals surface area (Å²) < 4.78 is 5.63. The zero-order valence-electron chi connectivity index (χ0n) is 9.41. The largest absolute Gasteiger partial charge is 0.424 e. The molecule has 1 aliphatic rings. The first-order valence-corrected chi connectivity index (χ1v) is 5.74. The van der Waals surface area contributed by atoms with E-state index in [1.165, 1.54) is 16.6 Å². The fourth-order valence-electron chi connectivity index (χ4n) is 2.01.